The number of carboxylic acid groups (broad SMARTS) is 1. The first kappa shape index (κ1) is 17.4. The van der Waals surface area contributed by atoms with E-state index in [9.17, 15) is 18.3 Å². The Bertz CT molecular complexity index is 586. The minimum Gasteiger partial charge on any atom is -0.478 e. The van der Waals surface area contributed by atoms with Gasteiger partial charge in [-0.2, -0.15) is 0 Å². The lowest BCUT2D eigenvalue weighted by molar-refractivity contribution is 0.0697. The molecule has 0 unspecified atom stereocenters. The summed E-state index contributed by atoms with van der Waals surface area (Å²) in [6, 6.07) is 3.92. The van der Waals surface area contributed by atoms with Gasteiger partial charge in [0, 0.05) is 25.4 Å². The van der Waals surface area contributed by atoms with E-state index in [0.29, 0.717) is 18.7 Å². The minimum atomic E-state index is -3.78. The van der Waals surface area contributed by atoms with Crippen molar-refractivity contribution in [1.82, 2.24) is 4.72 Å². The van der Waals surface area contributed by atoms with E-state index in [1.165, 1.54) is 12.1 Å². The number of carbonyl (C=O) groups is 1. The third-order valence-corrected chi connectivity index (χ3v) is 4.18. The monoisotopic (exact) mass is 316 g/mol. The average molecular weight is 316 g/mol. The number of sulfonamides is 1. The summed E-state index contributed by atoms with van der Waals surface area (Å²) in [4.78, 5) is 11.1. The molecule has 0 heterocycles. The normalized spacial score (nSPS) is 11.3. The summed E-state index contributed by atoms with van der Waals surface area (Å²) in [5.74, 6) is -1.19. The van der Waals surface area contributed by atoms with Gasteiger partial charge in [-0.15, -0.1) is 0 Å². The molecule has 0 saturated heterocycles. The van der Waals surface area contributed by atoms with Crippen molar-refractivity contribution in [3.05, 3.63) is 23.8 Å². The van der Waals surface area contributed by atoms with E-state index in [0.717, 1.165) is 12.5 Å². The highest BCUT2D eigenvalue weighted by Gasteiger charge is 2.18. The Balaban J connectivity index is 3.04. The van der Waals surface area contributed by atoms with Crippen LogP contribution in [0.25, 0.3) is 0 Å². The molecular formula is C13H20N2O5S. The number of anilines is 1. The minimum absolute atomic E-state index is 0.0894. The first-order chi connectivity index (χ1) is 9.92. The van der Waals surface area contributed by atoms with Gasteiger partial charge in [-0.25, -0.2) is 17.9 Å². The van der Waals surface area contributed by atoms with E-state index < -0.39 is 16.0 Å². The molecule has 8 heteroatoms. The Labute approximate surface area is 124 Å². The zero-order chi connectivity index (χ0) is 15.9. The summed E-state index contributed by atoms with van der Waals surface area (Å²) in [7, 11) is -3.78. The first-order valence-electron chi connectivity index (χ1n) is 6.64. The maximum Gasteiger partial charge on any atom is 0.337 e. The summed E-state index contributed by atoms with van der Waals surface area (Å²) >= 11 is 0. The fraction of sp³-hybridized carbons (Fsp3) is 0.462. The lowest BCUT2D eigenvalue weighted by Gasteiger charge is -2.11. The fourth-order valence-corrected chi connectivity index (χ4v) is 2.75. The topological polar surface area (TPSA) is 116 Å². The SMILES string of the molecule is CCCNc1ccc(S(=O)(=O)NCCCO)cc1C(=O)O. The highest BCUT2D eigenvalue weighted by atomic mass is 32.2. The number of hydrogen-bond acceptors (Lipinski definition) is 5. The van der Waals surface area contributed by atoms with E-state index in [1.807, 2.05) is 6.92 Å². The molecule has 118 valence electrons. The molecule has 1 aromatic carbocycles. The summed E-state index contributed by atoms with van der Waals surface area (Å²) in [5.41, 5.74) is 0.298. The van der Waals surface area contributed by atoms with E-state index in [1.54, 1.807) is 0 Å². The number of carboxylic acids is 1. The molecule has 0 aliphatic carbocycles. The van der Waals surface area contributed by atoms with Crippen LogP contribution < -0.4 is 10.0 Å². The van der Waals surface area contributed by atoms with Gasteiger partial charge in [0.15, 0.2) is 0 Å². The number of benzene rings is 1. The van der Waals surface area contributed by atoms with Crippen LogP contribution >= 0.6 is 0 Å². The molecule has 0 bridgehead atoms. The summed E-state index contributed by atoms with van der Waals surface area (Å²) in [5, 5.41) is 20.8. The molecule has 1 rings (SSSR count). The Morgan fingerprint density at radius 2 is 2.00 bits per heavy atom. The van der Waals surface area contributed by atoms with Gasteiger partial charge >= 0.3 is 5.97 Å². The van der Waals surface area contributed by atoms with Crippen molar-refractivity contribution in [2.24, 2.45) is 0 Å². The van der Waals surface area contributed by atoms with E-state index >= 15 is 0 Å². The maximum absolute atomic E-state index is 12.0. The van der Waals surface area contributed by atoms with Crippen LogP contribution in [-0.4, -0.2) is 44.3 Å². The van der Waals surface area contributed by atoms with Gasteiger partial charge in [0.25, 0.3) is 0 Å². The van der Waals surface area contributed by atoms with Crippen molar-refractivity contribution in [3.8, 4) is 0 Å². The number of nitrogens with one attached hydrogen (secondary N) is 2. The van der Waals surface area contributed by atoms with Crippen LogP contribution in [-0.2, 0) is 10.0 Å². The molecular weight excluding hydrogens is 296 g/mol. The van der Waals surface area contributed by atoms with Crippen molar-refractivity contribution < 1.29 is 23.4 Å². The van der Waals surface area contributed by atoms with Gasteiger partial charge in [0.1, 0.15) is 0 Å². The van der Waals surface area contributed by atoms with E-state index in [-0.39, 0.29) is 23.6 Å². The summed E-state index contributed by atoms with van der Waals surface area (Å²) < 4.78 is 26.3. The average Bonchev–Trinajstić information content (AvgIpc) is 2.44. The second-order valence-electron chi connectivity index (χ2n) is 4.41. The van der Waals surface area contributed by atoms with Gasteiger partial charge in [0.05, 0.1) is 10.5 Å². The van der Waals surface area contributed by atoms with Gasteiger partial charge in [-0.3, -0.25) is 0 Å². The largest absolute Gasteiger partial charge is 0.478 e. The predicted octanol–water partition coefficient (Wildman–Crippen LogP) is 0.867. The molecule has 4 N–H and O–H groups in total. The lowest BCUT2D eigenvalue weighted by atomic mass is 10.2. The smallest absolute Gasteiger partial charge is 0.337 e. The third kappa shape index (κ3) is 5.00. The molecule has 0 saturated carbocycles. The Morgan fingerprint density at radius 3 is 2.57 bits per heavy atom. The molecule has 1 aromatic rings. The van der Waals surface area contributed by atoms with Gasteiger partial charge < -0.3 is 15.5 Å². The van der Waals surface area contributed by atoms with Crippen LogP contribution in [0.1, 0.15) is 30.1 Å². The standard InChI is InChI=1S/C13H20N2O5S/c1-2-6-14-12-5-4-10(9-11(12)13(17)18)21(19,20)15-7-3-8-16/h4-5,9,14-16H,2-3,6-8H2,1H3,(H,17,18). The molecule has 0 radical (unpaired) electrons. The second kappa shape index (κ2) is 7.96. The van der Waals surface area contributed by atoms with Gasteiger partial charge in [-0.05, 0) is 31.0 Å². The zero-order valence-corrected chi connectivity index (χ0v) is 12.6. The summed E-state index contributed by atoms with van der Waals surface area (Å²) in [6.07, 6.45) is 1.11. The second-order valence-corrected chi connectivity index (χ2v) is 6.18. The first-order valence-corrected chi connectivity index (χ1v) is 8.12. The Hall–Kier alpha value is -1.64. The quantitative estimate of drug-likeness (QED) is 0.502. The summed E-state index contributed by atoms with van der Waals surface area (Å²) in [6.45, 7) is 2.51. The Kier molecular flexibility index (Phi) is 6.60. The highest BCUT2D eigenvalue weighted by molar-refractivity contribution is 7.89. The Morgan fingerprint density at radius 1 is 1.29 bits per heavy atom. The number of hydrogen-bond donors (Lipinski definition) is 4. The van der Waals surface area contributed by atoms with Gasteiger partial charge in [-0.1, -0.05) is 6.92 Å². The fourth-order valence-electron chi connectivity index (χ4n) is 1.65. The third-order valence-electron chi connectivity index (χ3n) is 2.72. The zero-order valence-electron chi connectivity index (χ0n) is 11.8. The molecule has 21 heavy (non-hydrogen) atoms. The lowest BCUT2D eigenvalue weighted by Crippen LogP contribution is -2.25. The number of rotatable bonds is 9. The predicted molar refractivity (Wildman–Crippen MR) is 79.1 cm³/mol. The number of aromatic carboxylic acids is 1. The number of aliphatic hydroxyl groups is 1. The maximum atomic E-state index is 12.0. The van der Waals surface area contributed by atoms with Crippen molar-refractivity contribution in [2.45, 2.75) is 24.7 Å². The van der Waals surface area contributed by atoms with Crippen molar-refractivity contribution in [1.29, 1.82) is 0 Å². The molecule has 0 atom stereocenters. The number of aliphatic hydroxyl groups excluding tert-OH is 1. The van der Waals surface area contributed by atoms with Crippen LogP contribution in [0.5, 0.6) is 0 Å². The van der Waals surface area contributed by atoms with Crippen LogP contribution in [0.4, 0.5) is 5.69 Å². The van der Waals surface area contributed by atoms with Crippen LogP contribution in [0.15, 0.2) is 23.1 Å². The van der Waals surface area contributed by atoms with E-state index in [2.05, 4.69) is 10.0 Å². The highest BCUT2D eigenvalue weighted by Crippen LogP contribution is 2.20. The molecule has 0 aliphatic rings. The molecule has 7 nitrogen and oxygen atoms in total. The van der Waals surface area contributed by atoms with Gasteiger partial charge in [0.2, 0.25) is 10.0 Å². The van der Waals surface area contributed by atoms with Crippen LogP contribution in [0.2, 0.25) is 0 Å². The van der Waals surface area contributed by atoms with Crippen LogP contribution in [0, 0.1) is 0 Å². The molecule has 0 spiro atoms. The molecule has 0 aromatic heterocycles. The van der Waals surface area contributed by atoms with Crippen LogP contribution in [0.3, 0.4) is 0 Å². The van der Waals surface area contributed by atoms with Crippen molar-refractivity contribution in [2.75, 3.05) is 25.0 Å². The van der Waals surface area contributed by atoms with Crippen molar-refractivity contribution in [3.63, 3.8) is 0 Å². The molecule has 0 amide bonds. The van der Waals surface area contributed by atoms with Crippen molar-refractivity contribution >= 4 is 21.7 Å². The van der Waals surface area contributed by atoms with E-state index in [4.69, 9.17) is 5.11 Å². The molecule has 0 aliphatic heterocycles. The molecule has 0 fully saturated rings.